The zero-order chi connectivity index (χ0) is 21.6. The largest absolute Gasteiger partial charge is 0.424 e. The number of hydrogen-bond acceptors (Lipinski definition) is 9. The van der Waals surface area contributed by atoms with Gasteiger partial charge in [-0.3, -0.25) is 0 Å². The van der Waals surface area contributed by atoms with Gasteiger partial charge in [-0.15, -0.1) is 0 Å². The number of nitrogen functional groups attached to an aromatic ring is 1. The molecule has 2 aliphatic rings. The number of nitrogens with zero attached hydrogens (tertiary/aromatic N) is 4. The minimum absolute atomic E-state index is 0.144. The SMILES string of the molecule is COCC[C@]1(C)OCc2c(N3CCOC[C@@H]3C)nc(-c3ccc4nc(N)oc4c3)nc21. The third-order valence-electron chi connectivity index (χ3n) is 6.11. The van der Waals surface area contributed by atoms with Crippen LogP contribution in [-0.4, -0.2) is 54.5 Å². The standard InChI is InChI=1S/C22H27N5O4/c1-13-11-29-9-7-27(13)20-15-12-30-22(2,6-8-28-3)18(15)25-19(26-20)14-4-5-16-17(10-14)31-21(23)24-16/h4-5,10,13H,6-9,11-12H2,1-3H3,(H2,23,24)/t13-,22-/m0/s1. The number of nitrogens with two attached hydrogens (primary N) is 1. The maximum Gasteiger partial charge on any atom is 0.292 e. The summed E-state index contributed by atoms with van der Waals surface area (Å²) in [4.78, 5) is 16.5. The van der Waals surface area contributed by atoms with Crippen LogP contribution in [0.15, 0.2) is 22.6 Å². The number of anilines is 2. The summed E-state index contributed by atoms with van der Waals surface area (Å²) in [6.07, 6.45) is 0.711. The van der Waals surface area contributed by atoms with Crippen molar-refractivity contribution in [1.29, 1.82) is 0 Å². The number of fused-ring (bicyclic) bond motifs is 2. The molecule has 1 fully saturated rings. The predicted molar refractivity (Wildman–Crippen MR) is 116 cm³/mol. The van der Waals surface area contributed by atoms with E-state index in [1.165, 1.54) is 0 Å². The topological polar surface area (TPSA) is 109 Å². The summed E-state index contributed by atoms with van der Waals surface area (Å²) >= 11 is 0. The zero-order valence-electron chi connectivity index (χ0n) is 18.1. The molecule has 2 aliphatic heterocycles. The molecule has 0 saturated carbocycles. The number of methoxy groups -OCH3 is 1. The van der Waals surface area contributed by atoms with Crippen LogP contribution >= 0.6 is 0 Å². The fraction of sp³-hybridized carbons (Fsp3) is 0.500. The summed E-state index contributed by atoms with van der Waals surface area (Å²) in [5.41, 5.74) is 9.30. The van der Waals surface area contributed by atoms with Gasteiger partial charge in [0.05, 0.1) is 31.6 Å². The fourth-order valence-electron chi connectivity index (χ4n) is 4.32. The van der Waals surface area contributed by atoms with E-state index in [4.69, 9.17) is 34.3 Å². The lowest BCUT2D eigenvalue weighted by Gasteiger charge is -2.35. The molecule has 0 spiro atoms. The number of benzene rings is 1. The predicted octanol–water partition coefficient (Wildman–Crippen LogP) is 2.87. The molecule has 1 saturated heterocycles. The first kappa shape index (κ1) is 20.2. The van der Waals surface area contributed by atoms with Crippen LogP contribution in [0.1, 0.15) is 31.5 Å². The number of rotatable bonds is 5. The molecule has 0 amide bonds. The maximum absolute atomic E-state index is 6.26. The first-order valence-corrected chi connectivity index (χ1v) is 10.5. The van der Waals surface area contributed by atoms with E-state index in [1.54, 1.807) is 7.11 Å². The van der Waals surface area contributed by atoms with Gasteiger partial charge in [0.2, 0.25) is 0 Å². The molecule has 2 N–H and O–H groups in total. The number of oxazole rings is 1. The van der Waals surface area contributed by atoms with E-state index in [2.05, 4.69) is 23.7 Å². The van der Waals surface area contributed by atoms with Crippen molar-refractivity contribution >= 4 is 22.9 Å². The average molecular weight is 425 g/mol. The smallest absolute Gasteiger partial charge is 0.292 e. The first-order chi connectivity index (χ1) is 15.0. The highest BCUT2D eigenvalue weighted by molar-refractivity contribution is 5.80. The number of hydrogen-bond donors (Lipinski definition) is 1. The van der Waals surface area contributed by atoms with E-state index in [0.717, 1.165) is 29.2 Å². The molecule has 164 valence electrons. The normalized spacial score (nSPS) is 23.5. The molecule has 9 nitrogen and oxygen atoms in total. The Morgan fingerprint density at radius 2 is 2.16 bits per heavy atom. The summed E-state index contributed by atoms with van der Waals surface area (Å²) in [5, 5.41) is 0. The van der Waals surface area contributed by atoms with E-state index in [9.17, 15) is 0 Å². The molecule has 31 heavy (non-hydrogen) atoms. The monoisotopic (exact) mass is 425 g/mol. The van der Waals surface area contributed by atoms with Gasteiger partial charge in [0.1, 0.15) is 16.9 Å². The van der Waals surface area contributed by atoms with Crippen molar-refractivity contribution in [3.8, 4) is 11.4 Å². The van der Waals surface area contributed by atoms with Crippen LogP contribution in [0.5, 0.6) is 0 Å². The molecule has 5 rings (SSSR count). The van der Waals surface area contributed by atoms with Crippen molar-refractivity contribution in [1.82, 2.24) is 15.0 Å². The molecule has 0 radical (unpaired) electrons. The quantitative estimate of drug-likeness (QED) is 0.660. The molecular formula is C22H27N5O4. The van der Waals surface area contributed by atoms with Crippen LogP contribution < -0.4 is 10.6 Å². The van der Waals surface area contributed by atoms with Crippen molar-refractivity contribution < 1.29 is 18.6 Å². The van der Waals surface area contributed by atoms with Gasteiger partial charge in [-0.1, -0.05) is 0 Å². The van der Waals surface area contributed by atoms with E-state index in [0.29, 0.717) is 49.8 Å². The molecule has 3 aromatic rings. The molecule has 4 heterocycles. The lowest BCUT2D eigenvalue weighted by molar-refractivity contribution is -0.0448. The molecule has 2 aromatic heterocycles. The van der Waals surface area contributed by atoms with E-state index in [-0.39, 0.29) is 12.1 Å². The molecular weight excluding hydrogens is 398 g/mol. The van der Waals surface area contributed by atoms with Gasteiger partial charge in [0, 0.05) is 37.8 Å². The van der Waals surface area contributed by atoms with Crippen molar-refractivity contribution in [2.45, 2.75) is 38.5 Å². The van der Waals surface area contributed by atoms with Crippen molar-refractivity contribution in [3.63, 3.8) is 0 Å². The van der Waals surface area contributed by atoms with Crippen LogP contribution in [0.4, 0.5) is 11.8 Å². The van der Waals surface area contributed by atoms with Crippen molar-refractivity contribution in [3.05, 3.63) is 29.5 Å². The van der Waals surface area contributed by atoms with E-state index < -0.39 is 5.60 Å². The van der Waals surface area contributed by atoms with Crippen LogP contribution in [-0.2, 0) is 26.4 Å². The Morgan fingerprint density at radius 3 is 2.97 bits per heavy atom. The van der Waals surface area contributed by atoms with Gasteiger partial charge in [0.25, 0.3) is 6.01 Å². The Morgan fingerprint density at radius 1 is 1.29 bits per heavy atom. The Balaban J connectivity index is 1.65. The van der Waals surface area contributed by atoms with Gasteiger partial charge in [-0.2, -0.15) is 4.98 Å². The van der Waals surface area contributed by atoms with Gasteiger partial charge in [-0.25, -0.2) is 9.97 Å². The summed E-state index contributed by atoms with van der Waals surface area (Å²) < 4.78 is 22.8. The Kier molecular flexibility index (Phi) is 5.04. The maximum atomic E-state index is 6.26. The molecule has 2 atom stereocenters. The lowest BCUT2D eigenvalue weighted by Crippen LogP contribution is -2.44. The Labute approximate surface area is 180 Å². The van der Waals surface area contributed by atoms with Crippen molar-refractivity contribution in [2.24, 2.45) is 0 Å². The van der Waals surface area contributed by atoms with Crippen LogP contribution in [0, 0.1) is 0 Å². The molecule has 0 bridgehead atoms. The van der Waals surface area contributed by atoms with Crippen LogP contribution in [0.25, 0.3) is 22.5 Å². The first-order valence-electron chi connectivity index (χ1n) is 10.5. The number of ether oxygens (including phenoxy) is 3. The van der Waals surface area contributed by atoms with Gasteiger partial charge >= 0.3 is 0 Å². The summed E-state index contributed by atoms with van der Waals surface area (Å²) in [7, 11) is 1.70. The number of aromatic nitrogens is 3. The Bertz CT molecular complexity index is 1120. The third kappa shape index (κ3) is 3.52. The van der Waals surface area contributed by atoms with Gasteiger partial charge < -0.3 is 29.3 Å². The van der Waals surface area contributed by atoms with E-state index in [1.807, 2.05) is 18.2 Å². The minimum Gasteiger partial charge on any atom is -0.424 e. The van der Waals surface area contributed by atoms with Crippen LogP contribution in [0.3, 0.4) is 0 Å². The van der Waals surface area contributed by atoms with Crippen molar-refractivity contribution in [2.75, 3.05) is 44.1 Å². The van der Waals surface area contributed by atoms with E-state index >= 15 is 0 Å². The Hall–Kier alpha value is -2.75. The molecule has 0 unspecified atom stereocenters. The summed E-state index contributed by atoms with van der Waals surface area (Å²) in [6, 6.07) is 6.06. The molecule has 1 aromatic carbocycles. The fourth-order valence-corrected chi connectivity index (χ4v) is 4.32. The summed E-state index contributed by atoms with van der Waals surface area (Å²) in [6.45, 7) is 7.40. The second-order valence-corrected chi connectivity index (χ2v) is 8.31. The van der Waals surface area contributed by atoms with Gasteiger partial charge in [-0.05, 0) is 32.0 Å². The zero-order valence-corrected chi connectivity index (χ0v) is 18.1. The number of morpholine rings is 1. The summed E-state index contributed by atoms with van der Waals surface area (Å²) in [5.74, 6) is 1.53. The molecule has 0 aliphatic carbocycles. The van der Waals surface area contributed by atoms with Crippen LogP contribution in [0.2, 0.25) is 0 Å². The second-order valence-electron chi connectivity index (χ2n) is 8.31. The average Bonchev–Trinajstić information content (AvgIpc) is 3.31. The highest BCUT2D eigenvalue weighted by Crippen LogP contribution is 2.43. The lowest BCUT2D eigenvalue weighted by atomic mass is 9.96. The highest BCUT2D eigenvalue weighted by atomic mass is 16.5. The minimum atomic E-state index is -0.534. The molecule has 9 heteroatoms. The third-order valence-corrected chi connectivity index (χ3v) is 6.11. The van der Waals surface area contributed by atoms with Gasteiger partial charge in [0.15, 0.2) is 11.4 Å². The highest BCUT2D eigenvalue weighted by Gasteiger charge is 2.41. The second kappa shape index (κ2) is 7.74.